The van der Waals surface area contributed by atoms with Gasteiger partial charge in [-0.15, -0.1) is 0 Å². The summed E-state index contributed by atoms with van der Waals surface area (Å²) in [7, 11) is 0. The van der Waals surface area contributed by atoms with E-state index in [1.165, 1.54) is 25.0 Å². The lowest BCUT2D eigenvalue weighted by atomic mass is 10.0. The SMILES string of the molecule is CC(O)(COc1ccc([N+](=O)[O-])cc1-c1ccccc1)CN1CCCCCC1. The molecule has 1 atom stereocenters. The van der Waals surface area contributed by atoms with E-state index >= 15 is 0 Å². The van der Waals surface area contributed by atoms with Gasteiger partial charge in [-0.3, -0.25) is 10.1 Å². The number of hydrogen-bond donors (Lipinski definition) is 1. The molecule has 28 heavy (non-hydrogen) atoms. The first-order valence-corrected chi connectivity index (χ1v) is 9.86. The number of nitro benzene ring substituents is 1. The van der Waals surface area contributed by atoms with Crippen molar-refractivity contribution in [2.45, 2.75) is 38.2 Å². The Hall–Kier alpha value is -2.44. The third-order valence-electron chi connectivity index (χ3n) is 5.06. The molecule has 6 heteroatoms. The van der Waals surface area contributed by atoms with Crippen molar-refractivity contribution >= 4 is 5.69 Å². The number of rotatable bonds is 7. The second kappa shape index (κ2) is 9.17. The number of nitrogens with zero attached hydrogens (tertiary/aromatic N) is 2. The van der Waals surface area contributed by atoms with Gasteiger partial charge in [0.2, 0.25) is 0 Å². The van der Waals surface area contributed by atoms with Gasteiger partial charge in [0.15, 0.2) is 0 Å². The van der Waals surface area contributed by atoms with Crippen LogP contribution in [-0.4, -0.2) is 46.8 Å². The minimum Gasteiger partial charge on any atom is -0.490 e. The monoisotopic (exact) mass is 384 g/mol. The molecule has 1 saturated heterocycles. The van der Waals surface area contributed by atoms with Crippen molar-refractivity contribution in [1.82, 2.24) is 4.90 Å². The van der Waals surface area contributed by atoms with E-state index in [0.717, 1.165) is 31.5 Å². The van der Waals surface area contributed by atoms with Crippen LogP contribution in [0.15, 0.2) is 48.5 Å². The van der Waals surface area contributed by atoms with Gasteiger partial charge in [0.25, 0.3) is 5.69 Å². The molecule has 0 saturated carbocycles. The largest absolute Gasteiger partial charge is 0.490 e. The standard InChI is InChI=1S/C22H28N2O4/c1-22(25,16-23-13-7-2-3-8-14-23)17-28-21-12-11-19(24(26)27)15-20(21)18-9-5-4-6-10-18/h4-6,9-12,15,25H,2-3,7-8,13-14,16-17H2,1H3. The second-order valence-corrected chi connectivity index (χ2v) is 7.78. The van der Waals surface area contributed by atoms with Crippen LogP contribution in [0, 0.1) is 10.1 Å². The number of hydrogen-bond acceptors (Lipinski definition) is 5. The molecular weight excluding hydrogens is 356 g/mol. The molecule has 0 aromatic heterocycles. The van der Waals surface area contributed by atoms with Crippen molar-refractivity contribution in [3.8, 4) is 16.9 Å². The van der Waals surface area contributed by atoms with Crippen LogP contribution in [0.4, 0.5) is 5.69 Å². The lowest BCUT2D eigenvalue weighted by Gasteiger charge is -2.31. The van der Waals surface area contributed by atoms with E-state index in [9.17, 15) is 15.2 Å². The van der Waals surface area contributed by atoms with Gasteiger partial charge in [-0.2, -0.15) is 0 Å². The van der Waals surface area contributed by atoms with Crippen LogP contribution in [0.5, 0.6) is 5.75 Å². The average Bonchev–Trinajstić information content (AvgIpc) is 2.95. The Kier molecular flexibility index (Phi) is 6.65. The molecule has 6 nitrogen and oxygen atoms in total. The van der Waals surface area contributed by atoms with Gasteiger partial charge < -0.3 is 14.7 Å². The summed E-state index contributed by atoms with van der Waals surface area (Å²) in [5.41, 5.74) is 0.511. The minimum atomic E-state index is -1.000. The minimum absolute atomic E-state index is 0.0162. The van der Waals surface area contributed by atoms with Crippen LogP contribution < -0.4 is 4.74 Å². The second-order valence-electron chi connectivity index (χ2n) is 7.78. The Balaban J connectivity index is 1.74. The van der Waals surface area contributed by atoms with Gasteiger partial charge in [-0.25, -0.2) is 0 Å². The Labute approximate surface area is 165 Å². The maximum Gasteiger partial charge on any atom is 0.270 e. The number of likely N-dealkylation sites (tertiary alicyclic amines) is 1. The van der Waals surface area contributed by atoms with E-state index in [2.05, 4.69) is 4.90 Å². The Morgan fingerprint density at radius 3 is 2.43 bits per heavy atom. The van der Waals surface area contributed by atoms with E-state index in [0.29, 0.717) is 17.9 Å². The first-order valence-electron chi connectivity index (χ1n) is 9.86. The fourth-order valence-corrected chi connectivity index (χ4v) is 3.66. The van der Waals surface area contributed by atoms with Crippen molar-refractivity contribution in [3.05, 3.63) is 58.6 Å². The van der Waals surface area contributed by atoms with Gasteiger partial charge in [0.05, 0.1) is 4.92 Å². The Bertz CT molecular complexity index is 784. The van der Waals surface area contributed by atoms with Crippen LogP contribution >= 0.6 is 0 Å². The lowest BCUT2D eigenvalue weighted by Crippen LogP contribution is -2.45. The quantitative estimate of drug-likeness (QED) is 0.570. The fourth-order valence-electron chi connectivity index (χ4n) is 3.66. The molecule has 1 N–H and O–H groups in total. The van der Waals surface area contributed by atoms with Gasteiger partial charge in [0, 0.05) is 24.2 Å². The molecule has 1 aliphatic heterocycles. The van der Waals surface area contributed by atoms with Crippen molar-refractivity contribution in [2.24, 2.45) is 0 Å². The van der Waals surface area contributed by atoms with Crippen molar-refractivity contribution in [3.63, 3.8) is 0 Å². The van der Waals surface area contributed by atoms with Crippen LogP contribution in [0.3, 0.4) is 0 Å². The summed E-state index contributed by atoms with van der Waals surface area (Å²) in [4.78, 5) is 13.1. The molecule has 0 amide bonds. The zero-order valence-corrected chi connectivity index (χ0v) is 16.3. The van der Waals surface area contributed by atoms with Gasteiger partial charge in [-0.05, 0) is 44.5 Å². The van der Waals surface area contributed by atoms with Crippen LogP contribution in [-0.2, 0) is 0 Å². The highest BCUT2D eigenvalue weighted by atomic mass is 16.6. The van der Waals surface area contributed by atoms with Gasteiger partial charge >= 0.3 is 0 Å². The van der Waals surface area contributed by atoms with Crippen LogP contribution in [0.25, 0.3) is 11.1 Å². The summed E-state index contributed by atoms with van der Waals surface area (Å²) in [5.74, 6) is 0.535. The Morgan fingerprint density at radius 1 is 1.11 bits per heavy atom. The Morgan fingerprint density at radius 2 is 1.79 bits per heavy atom. The summed E-state index contributed by atoms with van der Waals surface area (Å²) >= 11 is 0. The number of non-ortho nitro benzene ring substituents is 1. The first-order chi connectivity index (χ1) is 13.4. The van der Waals surface area contributed by atoms with E-state index in [-0.39, 0.29) is 12.3 Å². The molecule has 150 valence electrons. The van der Waals surface area contributed by atoms with E-state index in [1.54, 1.807) is 13.0 Å². The predicted molar refractivity (Wildman–Crippen MR) is 110 cm³/mol. The van der Waals surface area contributed by atoms with Gasteiger partial charge in [0.1, 0.15) is 18.0 Å². The molecule has 3 rings (SSSR count). The zero-order chi connectivity index (χ0) is 20.0. The summed E-state index contributed by atoms with van der Waals surface area (Å²) in [6, 6.07) is 14.0. The molecule has 0 bridgehead atoms. The van der Waals surface area contributed by atoms with E-state index in [1.807, 2.05) is 30.3 Å². The third-order valence-corrected chi connectivity index (χ3v) is 5.06. The molecule has 2 aromatic rings. The topological polar surface area (TPSA) is 75.8 Å². The van der Waals surface area contributed by atoms with Crippen molar-refractivity contribution < 1.29 is 14.8 Å². The van der Waals surface area contributed by atoms with E-state index < -0.39 is 10.5 Å². The highest BCUT2D eigenvalue weighted by Gasteiger charge is 2.26. The first kappa shape index (κ1) is 20.3. The summed E-state index contributed by atoms with van der Waals surface area (Å²) in [6.07, 6.45) is 4.83. The fraction of sp³-hybridized carbons (Fsp3) is 0.455. The summed E-state index contributed by atoms with van der Waals surface area (Å²) < 4.78 is 5.96. The highest BCUT2D eigenvalue weighted by Crippen LogP contribution is 2.34. The van der Waals surface area contributed by atoms with Crippen molar-refractivity contribution in [2.75, 3.05) is 26.2 Å². The molecule has 1 unspecified atom stereocenters. The maximum absolute atomic E-state index is 11.2. The van der Waals surface area contributed by atoms with Crippen LogP contribution in [0.2, 0.25) is 0 Å². The molecule has 0 aliphatic carbocycles. The number of nitro groups is 1. The normalized spacial score (nSPS) is 17.5. The smallest absolute Gasteiger partial charge is 0.270 e. The molecule has 1 fully saturated rings. The number of aliphatic hydroxyl groups is 1. The lowest BCUT2D eigenvalue weighted by molar-refractivity contribution is -0.384. The summed E-state index contributed by atoms with van der Waals surface area (Å²) in [6.45, 7) is 4.47. The predicted octanol–water partition coefficient (Wildman–Crippen LogP) is 4.27. The highest BCUT2D eigenvalue weighted by molar-refractivity contribution is 5.72. The molecule has 1 aliphatic rings. The molecule has 1 heterocycles. The summed E-state index contributed by atoms with van der Waals surface area (Å²) in [5, 5.41) is 22.0. The van der Waals surface area contributed by atoms with Crippen molar-refractivity contribution in [1.29, 1.82) is 0 Å². The van der Waals surface area contributed by atoms with E-state index in [4.69, 9.17) is 4.74 Å². The molecular formula is C22H28N2O4. The number of β-amino-alcohol motifs (C(OH)–C–C–N with tert-alkyl or cyclic N) is 1. The zero-order valence-electron chi connectivity index (χ0n) is 16.3. The van der Waals surface area contributed by atoms with Gasteiger partial charge in [-0.1, -0.05) is 43.2 Å². The number of ether oxygens (including phenoxy) is 1. The average molecular weight is 384 g/mol. The van der Waals surface area contributed by atoms with Crippen LogP contribution in [0.1, 0.15) is 32.6 Å². The molecule has 2 aromatic carbocycles. The number of benzene rings is 2. The molecule has 0 radical (unpaired) electrons. The maximum atomic E-state index is 11.2. The third kappa shape index (κ3) is 5.53. The molecule has 0 spiro atoms.